The summed E-state index contributed by atoms with van der Waals surface area (Å²) in [5.41, 5.74) is 2.86. The first-order valence-electron chi connectivity index (χ1n) is 8.15. The minimum atomic E-state index is 0.0957. The van der Waals surface area contributed by atoms with Crippen LogP contribution in [0.5, 0.6) is 0 Å². The molecule has 0 aliphatic carbocycles. The van der Waals surface area contributed by atoms with Crippen molar-refractivity contribution < 1.29 is 4.79 Å². The second kappa shape index (κ2) is 6.82. The molecule has 1 aliphatic rings. The first-order chi connectivity index (χ1) is 11.1. The maximum absolute atomic E-state index is 12.5. The number of hydrogen-bond acceptors (Lipinski definition) is 3. The fraction of sp³-hybridized carbons (Fsp3) is 0.368. The van der Waals surface area contributed by atoms with Crippen molar-refractivity contribution in [1.82, 2.24) is 9.88 Å². The van der Waals surface area contributed by atoms with Crippen LogP contribution in [0.3, 0.4) is 0 Å². The zero-order valence-corrected chi connectivity index (χ0v) is 13.8. The highest BCUT2D eigenvalue weighted by molar-refractivity contribution is 5.94. The van der Waals surface area contributed by atoms with Gasteiger partial charge >= 0.3 is 0 Å². The van der Waals surface area contributed by atoms with E-state index in [4.69, 9.17) is 0 Å². The smallest absolute Gasteiger partial charge is 0.255 e. The number of para-hydroxylation sites is 1. The third-order valence-corrected chi connectivity index (χ3v) is 4.62. The van der Waals surface area contributed by atoms with Crippen molar-refractivity contribution in [2.24, 2.45) is 0 Å². The van der Waals surface area contributed by atoms with Gasteiger partial charge in [0.05, 0.1) is 5.56 Å². The van der Waals surface area contributed by atoms with E-state index in [-0.39, 0.29) is 5.91 Å². The number of carbonyl (C=O) groups is 1. The Labute approximate surface area is 137 Å². The second-order valence-electron chi connectivity index (χ2n) is 6.16. The maximum Gasteiger partial charge on any atom is 0.255 e. The van der Waals surface area contributed by atoms with E-state index in [1.54, 1.807) is 6.20 Å². The molecular formula is C19H23N3O. The molecular weight excluding hydrogens is 286 g/mol. The second-order valence-corrected chi connectivity index (χ2v) is 6.16. The number of benzene rings is 1. The quantitative estimate of drug-likeness (QED) is 0.874. The molecule has 1 aromatic carbocycles. The predicted octanol–water partition coefficient (Wildman–Crippen LogP) is 3.13. The van der Waals surface area contributed by atoms with Gasteiger partial charge in [0.15, 0.2) is 0 Å². The lowest BCUT2D eigenvalue weighted by Crippen LogP contribution is -2.45. The average Bonchev–Trinajstić information content (AvgIpc) is 2.62. The molecule has 0 atom stereocenters. The van der Waals surface area contributed by atoms with Crippen molar-refractivity contribution >= 4 is 11.6 Å². The predicted molar refractivity (Wildman–Crippen MR) is 92.7 cm³/mol. The summed E-state index contributed by atoms with van der Waals surface area (Å²) in [5, 5.41) is 0. The van der Waals surface area contributed by atoms with Crippen LogP contribution in [-0.2, 0) is 0 Å². The molecule has 0 bridgehead atoms. The average molecular weight is 309 g/mol. The topological polar surface area (TPSA) is 36.4 Å². The molecule has 2 heterocycles. The number of aromatic nitrogens is 1. The molecule has 0 spiro atoms. The Bertz CT molecular complexity index is 646. The number of anilines is 1. The monoisotopic (exact) mass is 309 g/mol. The molecule has 3 rings (SSSR count). The first kappa shape index (κ1) is 15.5. The summed E-state index contributed by atoms with van der Waals surface area (Å²) < 4.78 is 0. The molecule has 2 aromatic rings. The van der Waals surface area contributed by atoms with E-state index in [2.05, 4.69) is 41.2 Å². The molecule has 1 amide bonds. The molecule has 1 aliphatic heterocycles. The van der Waals surface area contributed by atoms with Crippen molar-refractivity contribution in [3.05, 3.63) is 59.9 Å². The number of rotatable bonds is 3. The number of carbonyl (C=O) groups excluding carboxylic acids is 1. The van der Waals surface area contributed by atoms with E-state index >= 15 is 0 Å². The Hall–Kier alpha value is -2.36. The minimum Gasteiger partial charge on any atom is -0.371 e. The third-order valence-electron chi connectivity index (χ3n) is 4.62. The van der Waals surface area contributed by atoms with Crippen LogP contribution < -0.4 is 4.90 Å². The van der Waals surface area contributed by atoms with Gasteiger partial charge in [0.1, 0.15) is 0 Å². The fourth-order valence-electron chi connectivity index (χ4n) is 3.11. The van der Waals surface area contributed by atoms with E-state index in [1.165, 1.54) is 5.69 Å². The van der Waals surface area contributed by atoms with Gasteiger partial charge in [-0.05, 0) is 44.0 Å². The number of pyridine rings is 1. The largest absolute Gasteiger partial charge is 0.371 e. The van der Waals surface area contributed by atoms with Gasteiger partial charge in [-0.25, -0.2) is 0 Å². The van der Waals surface area contributed by atoms with Gasteiger partial charge in [-0.3, -0.25) is 9.78 Å². The molecule has 4 nitrogen and oxygen atoms in total. The first-order valence-corrected chi connectivity index (χ1v) is 8.15. The van der Waals surface area contributed by atoms with E-state index in [1.807, 2.05) is 30.0 Å². The lowest BCUT2D eigenvalue weighted by molar-refractivity contribution is 0.0713. The summed E-state index contributed by atoms with van der Waals surface area (Å²) in [7, 11) is 2.14. The normalized spacial score (nSPS) is 15.5. The van der Waals surface area contributed by atoms with Gasteiger partial charge in [-0.15, -0.1) is 0 Å². The lowest BCUT2D eigenvalue weighted by atomic mass is 10.0. The van der Waals surface area contributed by atoms with Crippen LogP contribution in [0.1, 0.15) is 28.9 Å². The fourth-order valence-corrected chi connectivity index (χ4v) is 3.11. The summed E-state index contributed by atoms with van der Waals surface area (Å²) in [6, 6.07) is 14.7. The van der Waals surface area contributed by atoms with Crippen LogP contribution in [0.4, 0.5) is 5.69 Å². The standard InChI is InChI=1S/C19H23N3O/c1-15-8-9-16(14-20-15)19(23)22-12-10-18(11-13-22)21(2)17-6-4-3-5-7-17/h3-9,14,18H,10-13H2,1-2H3. The van der Waals surface area contributed by atoms with Crippen molar-refractivity contribution in [2.45, 2.75) is 25.8 Å². The SMILES string of the molecule is Cc1ccc(C(=O)N2CCC(N(C)c3ccccc3)CC2)cn1. The highest BCUT2D eigenvalue weighted by Gasteiger charge is 2.26. The van der Waals surface area contributed by atoms with Crippen LogP contribution in [0.2, 0.25) is 0 Å². The van der Waals surface area contributed by atoms with Gasteiger partial charge in [0.2, 0.25) is 0 Å². The third kappa shape index (κ3) is 3.52. The van der Waals surface area contributed by atoms with E-state index < -0.39 is 0 Å². The highest BCUT2D eigenvalue weighted by atomic mass is 16.2. The van der Waals surface area contributed by atoms with Gasteiger partial charge in [0, 0.05) is 43.8 Å². The highest BCUT2D eigenvalue weighted by Crippen LogP contribution is 2.22. The Morgan fingerprint density at radius 3 is 2.43 bits per heavy atom. The summed E-state index contributed by atoms with van der Waals surface area (Å²) >= 11 is 0. The molecule has 1 fully saturated rings. The molecule has 1 aromatic heterocycles. The number of nitrogens with zero attached hydrogens (tertiary/aromatic N) is 3. The van der Waals surface area contributed by atoms with Gasteiger partial charge in [-0.1, -0.05) is 18.2 Å². The zero-order chi connectivity index (χ0) is 16.2. The number of likely N-dealkylation sites (tertiary alicyclic amines) is 1. The molecule has 0 N–H and O–H groups in total. The summed E-state index contributed by atoms with van der Waals surface area (Å²) in [5.74, 6) is 0.0957. The Balaban J connectivity index is 1.60. The number of aryl methyl sites for hydroxylation is 1. The molecule has 0 radical (unpaired) electrons. The van der Waals surface area contributed by atoms with E-state index in [0.717, 1.165) is 31.6 Å². The summed E-state index contributed by atoms with van der Waals surface area (Å²) in [6.45, 7) is 3.53. The number of amides is 1. The summed E-state index contributed by atoms with van der Waals surface area (Å²) in [6.07, 6.45) is 3.67. The van der Waals surface area contributed by atoms with Crippen molar-refractivity contribution in [3.63, 3.8) is 0 Å². The van der Waals surface area contributed by atoms with Crippen LogP contribution >= 0.6 is 0 Å². The zero-order valence-electron chi connectivity index (χ0n) is 13.8. The van der Waals surface area contributed by atoms with Crippen LogP contribution in [0.15, 0.2) is 48.7 Å². The maximum atomic E-state index is 12.5. The van der Waals surface area contributed by atoms with Gasteiger partial charge < -0.3 is 9.80 Å². The van der Waals surface area contributed by atoms with Crippen molar-refractivity contribution in [3.8, 4) is 0 Å². The number of hydrogen-bond donors (Lipinski definition) is 0. The molecule has 4 heteroatoms. The van der Waals surface area contributed by atoms with Gasteiger partial charge in [0.25, 0.3) is 5.91 Å². The Morgan fingerprint density at radius 1 is 1.13 bits per heavy atom. The van der Waals surface area contributed by atoms with Crippen LogP contribution in [0.25, 0.3) is 0 Å². The molecule has 23 heavy (non-hydrogen) atoms. The molecule has 0 unspecified atom stereocenters. The molecule has 0 saturated carbocycles. The van der Waals surface area contributed by atoms with Crippen molar-refractivity contribution in [1.29, 1.82) is 0 Å². The van der Waals surface area contributed by atoms with E-state index in [0.29, 0.717) is 11.6 Å². The molecule has 1 saturated heterocycles. The Morgan fingerprint density at radius 2 is 1.83 bits per heavy atom. The van der Waals surface area contributed by atoms with E-state index in [9.17, 15) is 4.79 Å². The lowest BCUT2D eigenvalue weighted by Gasteiger charge is -2.37. The van der Waals surface area contributed by atoms with Crippen LogP contribution in [0, 0.1) is 6.92 Å². The molecule has 120 valence electrons. The van der Waals surface area contributed by atoms with Gasteiger partial charge in [-0.2, -0.15) is 0 Å². The van der Waals surface area contributed by atoms with Crippen LogP contribution in [-0.4, -0.2) is 42.0 Å². The summed E-state index contributed by atoms with van der Waals surface area (Å²) in [4.78, 5) is 21.0. The van der Waals surface area contributed by atoms with Crippen molar-refractivity contribution in [2.75, 3.05) is 25.0 Å². The minimum absolute atomic E-state index is 0.0957. The Kier molecular flexibility index (Phi) is 4.60. The number of piperidine rings is 1.